The summed E-state index contributed by atoms with van der Waals surface area (Å²) in [4.78, 5) is 6.23. The summed E-state index contributed by atoms with van der Waals surface area (Å²) in [5, 5.41) is 0. The number of fused-ring (bicyclic) bond motifs is 12. The van der Waals surface area contributed by atoms with Gasteiger partial charge >= 0.3 is 0 Å². The van der Waals surface area contributed by atoms with Gasteiger partial charge in [-0.2, -0.15) is 0 Å². The van der Waals surface area contributed by atoms with Crippen LogP contribution >= 0.6 is 0 Å². The van der Waals surface area contributed by atoms with E-state index in [1.54, 1.807) is 33.7 Å². The van der Waals surface area contributed by atoms with E-state index in [0.717, 1.165) is 31.6 Å². The van der Waals surface area contributed by atoms with Gasteiger partial charge in [-0.15, -0.1) is 0 Å². The third-order valence-corrected chi connectivity index (χ3v) is 19.0. The highest BCUT2D eigenvalue weighted by molar-refractivity contribution is 5.60. The van der Waals surface area contributed by atoms with E-state index < -0.39 is 0 Å². The van der Waals surface area contributed by atoms with Crippen LogP contribution in [0.5, 0.6) is 0 Å². The number of allylic oxidation sites excluding steroid dienone is 17. The molecule has 11 atom stereocenters. The average molecular weight is 823 g/mol. The van der Waals surface area contributed by atoms with Gasteiger partial charge in [-0.25, -0.2) is 0 Å². The second-order valence-corrected chi connectivity index (χ2v) is 21.7. The Morgan fingerprint density at radius 1 is 0.613 bits per heavy atom. The minimum absolute atomic E-state index is 0.163. The van der Waals surface area contributed by atoms with Crippen LogP contribution in [0.3, 0.4) is 0 Å². The Labute approximate surface area is 372 Å². The zero-order chi connectivity index (χ0) is 40.8. The Bertz CT molecular complexity index is 2330. The van der Waals surface area contributed by atoms with Gasteiger partial charge < -0.3 is 14.2 Å². The van der Waals surface area contributed by atoms with Gasteiger partial charge in [0.05, 0.1) is 6.04 Å². The van der Waals surface area contributed by atoms with Gasteiger partial charge in [0.25, 0.3) is 0 Å². The maximum absolute atomic E-state index is 6.62. The topological polar surface area (TPSA) is 19.6 Å². The Morgan fingerprint density at radius 3 is 2.44 bits per heavy atom. The summed E-state index contributed by atoms with van der Waals surface area (Å²) in [5.74, 6) is 6.24. The molecule has 0 bridgehead atoms. The minimum atomic E-state index is 0.163. The van der Waals surface area contributed by atoms with Crippen LogP contribution in [0.4, 0.5) is 0 Å². The van der Waals surface area contributed by atoms with Gasteiger partial charge in [0.15, 0.2) is 0 Å². The molecular weight excluding hydrogens is 753 g/mol. The Morgan fingerprint density at radius 2 is 1.52 bits per heavy atom. The van der Waals surface area contributed by atoms with E-state index in [2.05, 4.69) is 107 Å². The molecule has 3 heteroatoms. The summed E-state index contributed by atoms with van der Waals surface area (Å²) in [6.45, 7) is 0. The second kappa shape index (κ2) is 15.6. The number of furan rings is 1. The minimum Gasteiger partial charge on any atom is -0.465 e. The maximum atomic E-state index is 6.62. The first-order chi connectivity index (χ1) is 30.8. The van der Waals surface area contributed by atoms with Gasteiger partial charge in [0.1, 0.15) is 11.5 Å². The smallest absolute Gasteiger partial charge is 0.111 e. The van der Waals surface area contributed by atoms with Crippen LogP contribution in [0.1, 0.15) is 145 Å². The number of nitrogens with zero attached hydrogens (tertiary/aromatic N) is 2. The normalized spacial score (nSPS) is 38.5. The summed E-state index contributed by atoms with van der Waals surface area (Å²) >= 11 is 0. The van der Waals surface area contributed by atoms with E-state index in [1.807, 2.05) is 5.57 Å². The van der Waals surface area contributed by atoms with Crippen molar-refractivity contribution < 1.29 is 4.42 Å². The van der Waals surface area contributed by atoms with Gasteiger partial charge in [0, 0.05) is 64.8 Å². The van der Waals surface area contributed by atoms with Gasteiger partial charge in [-0.3, -0.25) is 0 Å². The zero-order valence-electron chi connectivity index (χ0n) is 37.4. The molecule has 3 nitrogen and oxygen atoms in total. The first-order valence-corrected chi connectivity index (χ1v) is 26.0. The third kappa shape index (κ3) is 5.87. The molecule has 0 saturated heterocycles. The fraction of sp³-hybridized carbons (Fsp3) is 0.559. The van der Waals surface area contributed by atoms with E-state index in [4.69, 9.17) is 4.42 Å². The summed E-state index contributed by atoms with van der Waals surface area (Å²) in [5.41, 5.74) is 13.7. The largest absolute Gasteiger partial charge is 0.465 e. The van der Waals surface area contributed by atoms with Crippen molar-refractivity contribution in [3.05, 3.63) is 147 Å². The fourth-order valence-corrected chi connectivity index (χ4v) is 16.9. The van der Waals surface area contributed by atoms with Crippen molar-refractivity contribution in [2.24, 2.45) is 40.9 Å². The Balaban J connectivity index is 0.926. The molecule has 1 aromatic heterocycles. The molecule has 62 heavy (non-hydrogen) atoms. The molecule has 0 N–H and O–H groups in total. The molecule has 0 radical (unpaired) electrons. The molecule has 2 saturated carbocycles. The van der Waals surface area contributed by atoms with E-state index in [9.17, 15) is 0 Å². The molecule has 13 rings (SSSR count). The first-order valence-electron chi connectivity index (χ1n) is 26.0. The molecule has 1 aromatic rings. The van der Waals surface area contributed by atoms with Crippen LogP contribution in [0.25, 0.3) is 6.08 Å². The van der Waals surface area contributed by atoms with Crippen molar-refractivity contribution in [3.63, 3.8) is 0 Å². The number of hydrogen-bond acceptors (Lipinski definition) is 3. The van der Waals surface area contributed by atoms with Crippen LogP contribution in [0.2, 0.25) is 0 Å². The summed E-state index contributed by atoms with van der Waals surface area (Å²) in [6.07, 6.45) is 68.7. The highest BCUT2D eigenvalue weighted by Gasteiger charge is 2.68. The molecule has 12 aliphatic carbocycles. The first kappa shape index (κ1) is 38.5. The Hall–Kier alpha value is -3.98. The third-order valence-electron chi connectivity index (χ3n) is 19.0. The van der Waals surface area contributed by atoms with Gasteiger partial charge in [-0.05, 0) is 175 Å². The molecule has 0 aromatic carbocycles. The number of aryl methyl sites for hydroxylation is 2. The predicted octanol–water partition coefficient (Wildman–Crippen LogP) is 14.0. The van der Waals surface area contributed by atoms with E-state index in [0.29, 0.717) is 53.8 Å². The van der Waals surface area contributed by atoms with Crippen LogP contribution in [-0.4, -0.2) is 34.0 Å². The molecule has 0 aliphatic heterocycles. The summed E-state index contributed by atoms with van der Waals surface area (Å²) < 4.78 is 6.62. The highest BCUT2D eigenvalue weighted by atomic mass is 16.3. The van der Waals surface area contributed by atoms with Crippen LogP contribution < -0.4 is 0 Å². The molecule has 322 valence electrons. The van der Waals surface area contributed by atoms with Crippen molar-refractivity contribution in [2.45, 2.75) is 165 Å². The average Bonchev–Trinajstić information content (AvgIpc) is 3.97. The molecule has 2 fully saturated rings. The fourth-order valence-electron chi connectivity index (χ4n) is 16.9. The molecule has 12 aliphatic rings. The van der Waals surface area contributed by atoms with Crippen molar-refractivity contribution in [2.75, 3.05) is 0 Å². The number of rotatable bonds is 6. The highest BCUT2D eigenvalue weighted by Crippen LogP contribution is 2.74. The summed E-state index contributed by atoms with van der Waals surface area (Å²) in [6, 6.07) is 2.26. The summed E-state index contributed by atoms with van der Waals surface area (Å²) in [7, 11) is 0. The lowest BCUT2D eigenvalue weighted by atomic mass is 9.56. The van der Waals surface area contributed by atoms with E-state index >= 15 is 0 Å². The van der Waals surface area contributed by atoms with E-state index in [1.165, 1.54) is 133 Å². The van der Waals surface area contributed by atoms with Crippen molar-refractivity contribution in [3.8, 4) is 0 Å². The predicted molar refractivity (Wildman–Crippen MR) is 254 cm³/mol. The molecule has 1 heterocycles. The quantitative estimate of drug-likeness (QED) is 0.267. The Kier molecular flexibility index (Phi) is 9.70. The lowest BCUT2D eigenvalue weighted by Gasteiger charge is -2.52. The van der Waals surface area contributed by atoms with E-state index in [-0.39, 0.29) is 5.41 Å². The van der Waals surface area contributed by atoms with Crippen LogP contribution in [0.15, 0.2) is 129 Å². The SMILES string of the molecule is C1=CC2C3CCC(N(C4=CCCCC4)C4CCc5oc6c(c5C4)C=CCC6)CC3C3(C4=C(C(N(C5CC=CCC5)C5CC=CC6=C5CCCC6)=CCC4)[C@H]4C=CC=CC43)C2C=C1. The van der Waals surface area contributed by atoms with Crippen molar-refractivity contribution >= 4 is 6.08 Å². The van der Waals surface area contributed by atoms with Crippen LogP contribution in [0, 0.1) is 40.9 Å². The van der Waals surface area contributed by atoms with Gasteiger partial charge in [0.2, 0.25) is 0 Å². The zero-order valence-corrected chi connectivity index (χ0v) is 37.4. The lowest BCUT2D eigenvalue weighted by Crippen LogP contribution is -2.51. The van der Waals surface area contributed by atoms with Crippen molar-refractivity contribution in [1.29, 1.82) is 0 Å². The standard InChI is InChI=1S/C59H70N2O/c1-3-19-40(20-4-1)60(42-34-36-57-49(37-42)47-25-11-14-32-56(47)62-57)43-33-35-46-45-24-9-12-27-50(45)59(53(46)38-43)51-28-13-10-26-48(51)58-52(59)29-16-31-55(58)61(41-21-5-2-6-22-41)54-30-15-18-39-17-7-8-23-44(39)54/h2,5,9-13,15,18-19,24-28,31,41-43,45-46,48,50-51,53-54H,1,3-4,6-8,14,16-17,20-23,29-30,32-38H2/t41?,42?,43?,45?,46?,48-,50?,51?,53?,54?,59?/m0/s1. The molecule has 1 spiro atoms. The molecule has 0 amide bonds. The monoisotopic (exact) mass is 823 g/mol. The molecular formula is C59H70N2O. The van der Waals surface area contributed by atoms with Gasteiger partial charge in [-0.1, -0.05) is 103 Å². The van der Waals surface area contributed by atoms with Crippen LogP contribution in [-0.2, 0) is 19.3 Å². The lowest BCUT2D eigenvalue weighted by molar-refractivity contribution is 0.0365. The number of hydrogen-bond donors (Lipinski definition) is 0. The second-order valence-electron chi connectivity index (χ2n) is 21.7. The molecule has 10 unspecified atom stereocenters. The van der Waals surface area contributed by atoms with Crippen molar-refractivity contribution in [1.82, 2.24) is 9.80 Å². The maximum Gasteiger partial charge on any atom is 0.111 e.